The van der Waals surface area contributed by atoms with Crippen molar-refractivity contribution in [2.45, 2.75) is 13.5 Å². The van der Waals surface area contributed by atoms with Crippen molar-refractivity contribution in [2.24, 2.45) is 0 Å². The Morgan fingerprint density at radius 2 is 2.19 bits per heavy atom. The first-order chi connectivity index (χ1) is 7.29. The maximum Gasteiger partial charge on any atom is 0.506 e. The van der Waals surface area contributed by atoms with Crippen molar-refractivity contribution in [2.75, 3.05) is 13.6 Å². The average Bonchev–Trinajstić information content (AvgIpc) is 2.49. The second-order valence-corrected chi connectivity index (χ2v) is 4.83. The van der Waals surface area contributed by atoms with Gasteiger partial charge in [-0.05, 0) is 20.5 Å². The Bertz CT molecular complexity index is 375. The van der Waals surface area contributed by atoms with E-state index in [-0.39, 0.29) is 6.54 Å². The highest BCUT2D eigenvalue weighted by Gasteiger charge is 2.27. The Morgan fingerprint density at radius 1 is 1.56 bits per heavy atom. The van der Waals surface area contributed by atoms with E-state index in [1.165, 1.54) is 11.3 Å². The van der Waals surface area contributed by atoms with Gasteiger partial charge >= 0.3 is 6.98 Å². The van der Waals surface area contributed by atoms with Crippen LogP contribution >= 0.6 is 11.3 Å². The third kappa shape index (κ3) is 3.98. The minimum atomic E-state index is -4.93. The number of thiazole rings is 1. The van der Waals surface area contributed by atoms with Gasteiger partial charge in [0.1, 0.15) is 0 Å². The third-order valence-electron chi connectivity index (χ3n) is 2.03. The Hall–Kier alpha value is -0.815. The van der Waals surface area contributed by atoms with Crippen LogP contribution in [0.4, 0.5) is 12.9 Å². The molecule has 0 fully saturated rings. The van der Waals surface area contributed by atoms with Crippen LogP contribution in [-0.4, -0.2) is 30.5 Å². The van der Waals surface area contributed by atoms with Gasteiger partial charge in [0.2, 0.25) is 0 Å². The molecule has 0 bridgehead atoms. The fourth-order valence-corrected chi connectivity index (χ4v) is 1.87. The van der Waals surface area contributed by atoms with Gasteiger partial charge in [0, 0.05) is 11.9 Å². The molecule has 1 heterocycles. The molecule has 0 saturated carbocycles. The number of aromatic nitrogens is 1. The van der Waals surface area contributed by atoms with E-state index in [1.54, 1.807) is 11.9 Å². The lowest BCUT2D eigenvalue weighted by molar-refractivity contribution is 0.346. The first kappa shape index (κ1) is 13.3. The maximum absolute atomic E-state index is 12.3. The topological polar surface area (TPSA) is 16.1 Å². The van der Waals surface area contributed by atoms with Crippen LogP contribution < -0.4 is 0 Å². The van der Waals surface area contributed by atoms with Crippen LogP contribution in [0.1, 0.15) is 10.7 Å². The van der Waals surface area contributed by atoms with Crippen LogP contribution in [0.15, 0.2) is 17.4 Å². The van der Waals surface area contributed by atoms with Crippen LogP contribution in [0.3, 0.4) is 0 Å². The number of rotatable bonds is 5. The molecule has 0 unspecified atom stereocenters. The molecule has 1 rings (SSSR count). The molecule has 7 heteroatoms. The minimum absolute atomic E-state index is 0.167. The predicted octanol–water partition coefficient (Wildman–Crippen LogP) is 2.83. The van der Waals surface area contributed by atoms with Crippen LogP contribution in [0.2, 0.25) is 0 Å². The standard InChI is InChI=1S/C9H13BF3N2S/c1-7(10(11,12)13)4-15(3)5-9-6-16-8(2)14-9/h6H,1,4-5H2,2-3H3/q-1. The van der Waals surface area contributed by atoms with Crippen LogP contribution in [0, 0.1) is 6.92 Å². The van der Waals surface area contributed by atoms with Gasteiger partial charge in [-0.15, -0.1) is 23.4 Å². The molecule has 0 N–H and O–H groups in total. The number of likely N-dealkylation sites (N-methyl/N-ethyl adjacent to an activating group) is 1. The number of halogens is 3. The number of hydrogen-bond donors (Lipinski definition) is 0. The minimum Gasteiger partial charge on any atom is -0.445 e. The SMILES string of the molecule is C=C(CN(C)Cc1csc(C)n1)[B-](F)(F)F. The molecule has 0 aromatic carbocycles. The summed E-state index contributed by atoms with van der Waals surface area (Å²) in [4.78, 5) is 5.75. The van der Waals surface area contributed by atoms with Crippen molar-refractivity contribution in [1.82, 2.24) is 9.88 Å². The fourth-order valence-electron chi connectivity index (χ4n) is 1.26. The summed E-state index contributed by atoms with van der Waals surface area (Å²) in [7, 11) is 1.63. The summed E-state index contributed by atoms with van der Waals surface area (Å²) >= 11 is 1.49. The van der Waals surface area contributed by atoms with Gasteiger partial charge in [0.25, 0.3) is 0 Å². The number of nitrogens with zero attached hydrogens (tertiary/aromatic N) is 2. The number of hydrogen-bond acceptors (Lipinski definition) is 3. The predicted molar refractivity (Wildman–Crippen MR) is 61.4 cm³/mol. The maximum atomic E-state index is 12.3. The van der Waals surface area contributed by atoms with Crippen molar-refractivity contribution in [3.05, 3.63) is 28.1 Å². The fraction of sp³-hybridized carbons (Fsp3) is 0.444. The summed E-state index contributed by atoms with van der Waals surface area (Å²) in [5.41, 5.74) is 0.127. The van der Waals surface area contributed by atoms with Crippen molar-refractivity contribution in [3.8, 4) is 0 Å². The highest BCUT2D eigenvalue weighted by atomic mass is 32.1. The Kier molecular flexibility index (Phi) is 4.15. The van der Waals surface area contributed by atoms with E-state index in [1.807, 2.05) is 12.3 Å². The van der Waals surface area contributed by atoms with Crippen LogP contribution in [0.5, 0.6) is 0 Å². The molecule has 1 aromatic heterocycles. The molecule has 0 amide bonds. The van der Waals surface area contributed by atoms with Gasteiger partial charge in [-0.1, -0.05) is 0 Å². The van der Waals surface area contributed by atoms with E-state index in [4.69, 9.17) is 0 Å². The molecule has 0 aliphatic heterocycles. The first-order valence-corrected chi connectivity index (χ1v) is 5.64. The summed E-state index contributed by atoms with van der Waals surface area (Å²) in [5, 5.41) is 2.77. The summed E-state index contributed by atoms with van der Waals surface area (Å²) in [6, 6.07) is 0. The van der Waals surface area contributed by atoms with E-state index >= 15 is 0 Å². The molecule has 2 nitrogen and oxygen atoms in total. The van der Waals surface area contributed by atoms with Crippen molar-refractivity contribution in [3.63, 3.8) is 0 Å². The van der Waals surface area contributed by atoms with Crippen molar-refractivity contribution < 1.29 is 12.9 Å². The van der Waals surface area contributed by atoms with E-state index < -0.39 is 12.4 Å². The molecule has 0 aliphatic rings. The molecule has 0 radical (unpaired) electrons. The molecular formula is C9H13BF3N2S-. The van der Waals surface area contributed by atoms with Crippen molar-refractivity contribution in [1.29, 1.82) is 0 Å². The van der Waals surface area contributed by atoms with Gasteiger partial charge in [-0.2, -0.15) is 0 Å². The van der Waals surface area contributed by atoms with Gasteiger partial charge in [0.05, 0.1) is 10.7 Å². The quantitative estimate of drug-likeness (QED) is 0.746. The highest BCUT2D eigenvalue weighted by Crippen LogP contribution is 2.19. The van der Waals surface area contributed by atoms with Gasteiger partial charge in [-0.25, -0.2) is 4.98 Å². The van der Waals surface area contributed by atoms with E-state index in [9.17, 15) is 12.9 Å². The highest BCUT2D eigenvalue weighted by molar-refractivity contribution is 7.09. The lowest BCUT2D eigenvalue weighted by Crippen LogP contribution is -2.30. The summed E-state index contributed by atoms with van der Waals surface area (Å²) in [6.45, 7) is 0.236. The normalized spacial score (nSPS) is 12.1. The van der Waals surface area contributed by atoms with Gasteiger partial charge in [0.15, 0.2) is 0 Å². The van der Waals surface area contributed by atoms with E-state index in [0.29, 0.717) is 6.54 Å². The van der Waals surface area contributed by atoms with Gasteiger partial charge in [-0.3, -0.25) is 4.90 Å². The molecule has 0 saturated heterocycles. The lowest BCUT2D eigenvalue weighted by atomic mass is 9.80. The Balaban J connectivity index is 2.48. The molecule has 0 aliphatic carbocycles. The molecular weight excluding hydrogens is 236 g/mol. The zero-order chi connectivity index (χ0) is 12.3. The Labute approximate surface area is 96.9 Å². The zero-order valence-corrected chi connectivity index (χ0v) is 10.0. The smallest absolute Gasteiger partial charge is 0.445 e. The molecule has 90 valence electrons. The second-order valence-electron chi connectivity index (χ2n) is 3.76. The largest absolute Gasteiger partial charge is 0.506 e. The zero-order valence-electron chi connectivity index (χ0n) is 9.21. The van der Waals surface area contributed by atoms with Crippen LogP contribution in [0.25, 0.3) is 0 Å². The molecule has 0 atom stereocenters. The van der Waals surface area contributed by atoms with Crippen LogP contribution in [-0.2, 0) is 6.54 Å². The summed E-state index contributed by atoms with van der Waals surface area (Å²) in [6.07, 6.45) is 0. The van der Waals surface area contributed by atoms with E-state index in [0.717, 1.165) is 10.7 Å². The van der Waals surface area contributed by atoms with Crippen molar-refractivity contribution >= 4 is 18.3 Å². The third-order valence-corrected chi connectivity index (χ3v) is 2.86. The summed E-state index contributed by atoms with van der Waals surface area (Å²) < 4.78 is 36.8. The molecule has 1 aromatic rings. The second kappa shape index (κ2) is 5.01. The molecule has 0 spiro atoms. The van der Waals surface area contributed by atoms with Gasteiger partial charge < -0.3 is 12.9 Å². The Morgan fingerprint density at radius 3 is 2.62 bits per heavy atom. The van der Waals surface area contributed by atoms with E-state index in [2.05, 4.69) is 11.6 Å². The summed E-state index contributed by atoms with van der Waals surface area (Å²) in [5.74, 6) is 0. The number of aryl methyl sites for hydroxylation is 1. The monoisotopic (exact) mass is 249 g/mol. The molecule has 16 heavy (non-hydrogen) atoms. The average molecular weight is 249 g/mol. The lowest BCUT2D eigenvalue weighted by Gasteiger charge is -2.23. The first-order valence-electron chi connectivity index (χ1n) is 4.76.